The monoisotopic (exact) mass is 371 g/mol. The van der Waals surface area contributed by atoms with Gasteiger partial charge in [0.1, 0.15) is 22.7 Å². The Morgan fingerprint density at radius 2 is 1.82 bits per heavy atom. The molecule has 138 valence electrons. The van der Waals surface area contributed by atoms with E-state index in [0.717, 1.165) is 16.7 Å². The third kappa shape index (κ3) is 2.90. The van der Waals surface area contributed by atoms with Crippen LogP contribution in [-0.4, -0.2) is 9.97 Å². The van der Waals surface area contributed by atoms with Crippen molar-refractivity contribution in [2.24, 2.45) is 0 Å². The number of furan rings is 2. The van der Waals surface area contributed by atoms with E-state index in [-0.39, 0.29) is 17.2 Å². The summed E-state index contributed by atoms with van der Waals surface area (Å²) < 4.78 is 11.3. The molecule has 0 aliphatic carbocycles. The molecule has 0 aliphatic heterocycles. The lowest BCUT2D eigenvalue weighted by molar-refractivity contribution is 0.442. The number of aromatic amines is 1. The number of fused-ring (bicyclic) bond motifs is 3. The van der Waals surface area contributed by atoms with Crippen molar-refractivity contribution < 1.29 is 8.83 Å². The highest BCUT2D eigenvalue weighted by molar-refractivity contribution is 6.01. The van der Waals surface area contributed by atoms with Gasteiger partial charge in [0, 0.05) is 5.39 Å². The number of nitrogens with one attached hydrogen (secondary N) is 2. The first-order chi connectivity index (χ1) is 13.8. The minimum Gasteiger partial charge on any atom is -0.467 e. The summed E-state index contributed by atoms with van der Waals surface area (Å²) in [5.74, 6) is 1.33. The second kappa shape index (κ2) is 6.83. The van der Waals surface area contributed by atoms with E-state index in [1.807, 2.05) is 66.7 Å². The molecule has 0 aliphatic rings. The molecule has 5 aromatic rings. The van der Waals surface area contributed by atoms with E-state index in [9.17, 15) is 4.79 Å². The van der Waals surface area contributed by atoms with Gasteiger partial charge in [-0.1, -0.05) is 42.5 Å². The molecule has 6 nitrogen and oxygen atoms in total. The number of para-hydroxylation sites is 1. The van der Waals surface area contributed by atoms with E-state index < -0.39 is 0 Å². The fraction of sp³-hybridized carbons (Fsp3) is 0.0909. The van der Waals surface area contributed by atoms with Crippen molar-refractivity contribution in [3.05, 3.63) is 100 Å². The van der Waals surface area contributed by atoms with Crippen LogP contribution in [0.3, 0.4) is 0 Å². The lowest BCUT2D eigenvalue weighted by atomic mass is 10.0. The van der Waals surface area contributed by atoms with Crippen LogP contribution in [0.4, 0.5) is 0 Å². The topological polar surface area (TPSA) is 84.1 Å². The average Bonchev–Trinajstić information content (AvgIpc) is 3.38. The Labute approximate surface area is 159 Å². The van der Waals surface area contributed by atoms with Gasteiger partial charge in [0.05, 0.1) is 18.8 Å². The van der Waals surface area contributed by atoms with Crippen molar-refractivity contribution in [1.29, 1.82) is 0 Å². The second-order valence-electron chi connectivity index (χ2n) is 6.53. The Balaban J connectivity index is 1.50. The molecule has 0 saturated carbocycles. The summed E-state index contributed by atoms with van der Waals surface area (Å²) in [6.45, 7) is 0.366. The molecule has 0 radical (unpaired) electrons. The zero-order valence-electron chi connectivity index (χ0n) is 14.9. The molecule has 3 heterocycles. The van der Waals surface area contributed by atoms with Crippen LogP contribution in [0.1, 0.15) is 23.2 Å². The first-order valence-corrected chi connectivity index (χ1v) is 9.02. The zero-order chi connectivity index (χ0) is 18.9. The summed E-state index contributed by atoms with van der Waals surface area (Å²) in [6, 6.07) is 21.1. The molecule has 2 N–H and O–H groups in total. The molecule has 0 saturated heterocycles. The van der Waals surface area contributed by atoms with E-state index >= 15 is 0 Å². The second-order valence-corrected chi connectivity index (χ2v) is 6.53. The maximum absolute atomic E-state index is 12.5. The summed E-state index contributed by atoms with van der Waals surface area (Å²) in [7, 11) is 0. The first-order valence-electron chi connectivity index (χ1n) is 9.02. The number of hydrogen-bond acceptors (Lipinski definition) is 5. The molecule has 3 aromatic heterocycles. The lowest BCUT2D eigenvalue weighted by Gasteiger charge is -2.16. The van der Waals surface area contributed by atoms with E-state index in [0.29, 0.717) is 23.5 Å². The quantitative estimate of drug-likeness (QED) is 0.485. The van der Waals surface area contributed by atoms with Gasteiger partial charge in [-0.25, -0.2) is 4.98 Å². The molecule has 28 heavy (non-hydrogen) atoms. The van der Waals surface area contributed by atoms with Gasteiger partial charge in [0.15, 0.2) is 0 Å². The molecule has 0 unspecified atom stereocenters. The van der Waals surface area contributed by atoms with Crippen molar-refractivity contribution in [3.8, 4) is 0 Å². The minimum absolute atomic E-state index is 0.154. The van der Waals surface area contributed by atoms with Crippen molar-refractivity contribution in [1.82, 2.24) is 15.3 Å². The fourth-order valence-corrected chi connectivity index (χ4v) is 3.41. The minimum atomic E-state index is -0.285. The predicted octanol–water partition coefficient (Wildman–Crippen LogP) is 4.14. The molecule has 0 bridgehead atoms. The Hall–Kier alpha value is -3.64. The van der Waals surface area contributed by atoms with Crippen molar-refractivity contribution in [2.75, 3.05) is 0 Å². The summed E-state index contributed by atoms with van der Waals surface area (Å²) in [4.78, 5) is 19.9. The molecular formula is C22H17N3O3. The Kier molecular flexibility index (Phi) is 4.03. The third-order valence-electron chi connectivity index (χ3n) is 4.71. The van der Waals surface area contributed by atoms with Gasteiger partial charge < -0.3 is 13.8 Å². The highest BCUT2D eigenvalue weighted by Gasteiger charge is 2.18. The van der Waals surface area contributed by atoms with Gasteiger partial charge in [-0.15, -0.1) is 0 Å². The molecular weight excluding hydrogens is 354 g/mol. The molecule has 6 heteroatoms. The normalized spacial score (nSPS) is 12.6. The SMILES string of the molecule is O=c1[nH]c(CN[C@H](c2ccccc2)c2ccco2)nc2c1oc1ccccc12. The molecule has 0 fully saturated rings. The standard InChI is InChI=1S/C22H17N3O3/c26-22-21-20(15-9-4-5-10-16(15)28-21)24-18(25-22)13-23-19(17-11-6-12-27-17)14-7-2-1-3-8-14/h1-12,19,23H,13H2,(H,24,25,26)/t19-/m1/s1. The van der Waals surface area contributed by atoms with Crippen LogP contribution < -0.4 is 10.9 Å². The van der Waals surface area contributed by atoms with Crippen LogP contribution in [0, 0.1) is 0 Å². The number of rotatable bonds is 5. The van der Waals surface area contributed by atoms with Crippen molar-refractivity contribution in [3.63, 3.8) is 0 Å². The molecule has 1 atom stereocenters. The number of H-pyrrole nitrogens is 1. The third-order valence-corrected chi connectivity index (χ3v) is 4.71. The van der Waals surface area contributed by atoms with E-state index in [1.54, 1.807) is 6.26 Å². The number of hydrogen-bond donors (Lipinski definition) is 2. The summed E-state index contributed by atoms with van der Waals surface area (Å²) in [5.41, 5.74) is 2.25. The molecule has 5 rings (SSSR count). The summed E-state index contributed by atoms with van der Waals surface area (Å²) in [5, 5.41) is 4.26. The van der Waals surface area contributed by atoms with E-state index in [1.165, 1.54) is 0 Å². The van der Waals surface area contributed by atoms with Gasteiger partial charge in [0.2, 0.25) is 5.58 Å². The molecule has 2 aromatic carbocycles. The molecule has 0 spiro atoms. The van der Waals surface area contributed by atoms with E-state index in [2.05, 4.69) is 15.3 Å². The number of benzene rings is 2. The Bertz CT molecular complexity index is 1290. The fourth-order valence-electron chi connectivity index (χ4n) is 3.41. The van der Waals surface area contributed by atoms with Crippen LogP contribution in [0.2, 0.25) is 0 Å². The van der Waals surface area contributed by atoms with Gasteiger partial charge in [-0.3, -0.25) is 10.1 Å². The Morgan fingerprint density at radius 1 is 1.00 bits per heavy atom. The highest BCUT2D eigenvalue weighted by Crippen LogP contribution is 2.25. The van der Waals surface area contributed by atoms with Crippen LogP contribution >= 0.6 is 0 Å². The zero-order valence-corrected chi connectivity index (χ0v) is 14.9. The average molecular weight is 371 g/mol. The lowest BCUT2D eigenvalue weighted by Crippen LogP contribution is -2.24. The van der Waals surface area contributed by atoms with Gasteiger partial charge >= 0.3 is 0 Å². The van der Waals surface area contributed by atoms with Crippen LogP contribution in [-0.2, 0) is 6.54 Å². The van der Waals surface area contributed by atoms with Crippen molar-refractivity contribution in [2.45, 2.75) is 12.6 Å². The largest absolute Gasteiger partial charge is 0.467 e. The maximum Gasteiger partial charge on any atom is 0.294 e. The smallest absolute Gasteiger partial charge is 0.294 e. The first kappa shape index (κ1) is 16.5. The summed E-state index contributed by atoms with van der Waals surface area (Å²) >= 11 is 0. The number of nitrogens with zero attached hydrogens (tertiary/aromatic N) is 1. The van der Waals surface area contributed by atoms with Crippen LogP contribution in [0.5, 0.6) is 0 Å². The van der Waals surface area contributed by atoms with Crippen molar-refractivity contribution >= 4 is 22.1 Å². The number of aromatic nitrogens is 2. The van der Waals surface area contributed by atoms with Gasteiger partial charge in [0.25, 0.3) is 5.56 Å². The van der Waals surface area contributed by atoms with E-state index in [4.69, 9.17) is 8.83 Å². The molecule has 0 amide bonds. The van der Waals surface area contributed by atoms with Gasteiger partial charge in [-0.05, 0) is 29.8 Å². The maximum atomic E-state index is 12.5. The van der Waals surface area contributed by atoms with Crippen LogP contribution in [0.25, 0.3) is 22.1 Å². The van der Waals surface area contributed by atoms with Crippen LogP contribution in [0.15, 0.2) is 86.6 Å². The predicted molar refractivity (Wildman–Crippen MR) is 106 cm³/mol. The summed E-state index contributed by atoms with van der Waals surface area (Å²) in [6.07, 6.45) is 1.65. The highest BCUT2D eigenvalue weighted by atomic mass is 16.3. The Morgan fingerprint density at radius 3 is 2.64 bits per heavy atom. The van der Waals surface area contributed by atoms with Gasteiger partial charge in [-0.2, -0.15) is 0 Å².